The quantitative estimate of drug-likeness (QED) is 0.675. The van der Waals surface area contributed by atoms with Gasteiger partial charge in [0.05, 0.1) is 12.1 Å². The number of rotatable bonds is 3. The number of nitrogens with zero attached hydrogens (tertiary/aromatic N) is 1. The molecule has 2 amide bonds. The molecule has 3 nitrogen and oxygen atoms in total. The predicted octanol–water partition coefficient (Wildman–Crippen LogP) is 2.88. The van der Waals surface area contributed by atoms with Crippen LogP contribution in [0.2, 0.25) is 0 Å². The van der Waals surface area contributed by atoms with Gasteiger partial charge in [-0.1, -0.05) is 17.9 Å². The standard InChI is InChI=1S/C15H15F3N2O/c1-3-11-20(2)14(21)19-10-4-5-12-6-8-13(9-7-12)15(16,17)18/h3,6-9H,1,10-11H2,2H3,(H,19,21). The zero-order valence-electron chi connectivity index (χ0n) is 11.5. The van der Waals surface area contributed by atoms with Gasteiger partial charge in [0.25, 0.3) is 0 Å². The Balaban J connectivity index is 2.52. The highest BCUT2D eigenvalue weighted by atomic mass is 19.4. The van der Waals surface area contributed by atoms with Crippen molar-refractivity contribution >= 4 is 6.03 Å². The summed E-state index contributed by atoms with van der Waals surface area (Å²) in [4.78, 5) is 12.9. The molecule has 0 aromatic heterocycles. The maximum Gasteiger partial charge on any atom is 0.416 e. The topological polar surface area (TPSA) is 32.3 Å². The number of hydrogen-bond acceptors (Lipinski definition) is 1. The molecule has 0 bridgehead atoms. The van der Waals surface area contributed by atoms with Crippen molar-refractivity contribution in [1.82, 2.24) is 10.2 Å². The van der Waals surface area contributed by atoms with Gasteiger partial charge in [-0.3, -0.25) is 0 Å². The van der Waals surface area contributed by atoms with Crippen LogP contribution in [0.15, 0.2) is 36.9 Å². The fraction of sp³-hybridized carbons (Fsp3) is 0.267. The fourth-order valence-corrected chi connectivity index (χ4v) is 1.42. The largest absolute Gasteiger partial charge is 0.416 e. The number of urea groups is 1. The fourth-order valence-electron chi connectivity index (χ4n) is 1.42. The molecule has 0 aliphatic rings. The molecule has 0 fully saturated rings. The van der Waals surface area contributed by atoms with E-state index in [4.69, 9.17) is 0 Å². The number of benzene rings is 1. The minimum Gasteiger partial charge on any atom is -0.327 e. The number of likely N-dealkylation sites (N-methyl/N-ethyl adjacent to an activating group) is 1. The first kappa shape index (κ1) is 16.6. The third kappa shape index (κ3) is 5.61. The Bertz CT molecular complexity index is 553. The van der Waals surface area contributed by atoms with Crippen molar-refractivity contribution < 1.29 is 18.0 Å². The van der Waals surface area contributed by atoms with Crippen molar-refractivity contribution in [2.75, 3.05) is 20.1 Å². The van der Waals surface area contributed by atoms with Gasteiger partial charge < -0.3 is 10.2 Å². The molecule has 0 saturated heterocycles. The molecular formula is C15H15F3N2O. The summed E-state index contributed by atoms with van der Waals surface area (Å²) < 4.78 is 37.1. The molecule has 1 aromatic carbocycles. The molecular weight excluding hydrogens is 281 g/mol. The van der Waals surface area contributed by atoms with Crippen LogP contribution in [0.4, 0.5) is 18.0 Å². The van der Waals surface area contributed by atoms with E-state index in [-0.39, 0.29) is 12.6 Å². The second-order valence-corrected chi connectivity index (χ2v) is 4.20. The minimum atomic E-state index is -4.35. The lowest BCUT2D eigenvalue weighted by Gasteiger charge is -2.14. The van der Waals surface area contributed by atoms with Crippen LogP contribution in [0.5, 0.6) is 0 Å². The normalized spacial score (nSPS) is 10.3. The molecule has 0 aliphatic heterocycles. The van der Waals surface area contributed by atoms with E-state index < -0.39 is 11.7 Å². The highest BCUT2D eigenvalue weighted by Crippen LogP contribution is 2.28. The number of carbonyl (C=O) groups is 1. The van der Waals surface area contributed by atoms with Crippen LogP contribution in [0.3, 0.4) is 0 Å². The molecule has 1 rings (SSSR count). The van der Waals surface area contributed by atoms with Gasteiger partial charge in [0, 0.05) is 19.2 Å². The highest BCUT2D eigenvalue weighted by molar-refractivity contribution is 5.74. The monoisotopic (exact) mass is 296 g/mol. The Morgan fingerprint density at radius 2 is 2.00 bits per heavy atom. The SMILES string of the molecule is C=CCN(C)C(=O)NCC#Cc1ccc(C(F)(F)F)cc1. The molecule has 0 heterocycles. The Labute approximate surface area is 121 Å². The molecule has 21 heavy (non-hydrogen) atoms. The van der Waals surface area contributed by atoms with Crippen molar-refractivity contribution in [3.05, 3.63) is 48.0 Å². The first-order valence-corrected chi connectivity index (χ1v) is 6.10. The summed E-state index contributed by atoms with van der Waals surface area (Å²) in [5.74, 6) is 5.35. The van der Waals surface area contributed by atoms with E-state index in [0.29, 0.717) is 12.1 Å². The van der Waals surface area contributed by atoms with Crippen molar-refractivity contribution in [3.63, 3.8) is 0 Å². The Kier molecular flexibility index (Phi) is 5.85. The van der Waals surface area contributed by atoms with Crippen LogP contribution in [-0.4, -0.2) is 31.1 Å². The number of halogens is 3. The van der Waals surface area contributed by atoms with Crippen LogP contribution in [0.25, 0.3) is 0 Å². The summed E-state index contributed by atoms with van der Waals surface area (Å²) in [7, 11) is 1.61. The van der Waals surface area contributed by atoms with Crippen LogP contribution in [-0.2, 0) is 6.18 Å². The van der Waals surface area contributed by atoms with E-state index in [1.807, 2.05) is 0 Å². The maximum atomic E-state index is 12.4. The lowest BCUT2D eigenvalue weighted by Crippen LogP contribution is -2.37. The van der Waals surface area contributed by atoms with Crippen LogP contribution < -0.4 is 5.32 Å². The molecule has 0 radical (unpaired) electrons. The van der Waals surface area contributed by atoms with Gasteiger partial charge in [0.2, 0.25) is 0 Å². The lowest BCUT2D eigenvalue weighted by atomic mass is 10.1. The third-order valence-electron chi connectivity index (χ3n) is 2.52. The first-order valence-electron chi connectivity index (χ1n) is 6.10. The summed E-state index contributed by atoms with van der Waals surface area (Å²) >= 11 is 0. The van der Waals surface area contributed by atoms with Gasteiger partial charge in [-0.15, -0.1) is 6.58 Å². The predicted molar refractivity (Wildman–Crippen MR) is 74.5 cm³/mol. The molecule has 0 spiro atoms. The average Bonchev–Trinajstić information content (AvgIpc) is 2.43. The van der Waals surface area contributed by atoms with Crippen molar-refractivity contribution in [1.29, 1.82) is 0 Å². The van der Waals surface area contributed by atoms with E-state index in [1.54, 1.807) is 13.1 Å². The molecule has 0 atom stereocenters. The highest BCUT2D eigenvalue weighted by Gasteiger charge is 2.29. The van der Waals surface area contributed by atoms with Crippen molar-refractivity contribution in [3.8, 4) is 11.8 Å². The van der Waals surface area contributed by atoms with Gasteiger partial charge in [0.1, 0.15) is 0 Å². The van der Waals surface area contributed by atoms with Crippen molar-refractivity contribution in [2.24, 2.45) is 0 Å². The minimum absolute atomic E-state index is 0.112. The van der Waals surface area contributed by atoms with E-state index >= 15 is 0 Å². The smallest absolute Gasteiger partial charge is 0.327 e. The molecule has 0 unspecified atom stereocenters. The van der Waals surface area contributed by atoms with E-state index in [0.717, 1.165) is 12.1 Å². The van der Waals surface area contributed by atoms with Gasteiger partial charge in [-0.2, -0.15) is 13.2 Å². The Hall–Kier alpha value is -2.42. The summed E-state index contributed by atoms with van der Waals surface area (Å²) in [5, 5.41) is 2.56. The van der Waals surface area contributed by atoms with E-state index in [9.17, 15) is 18.0 Å². The van der Waals surface area contributed by atoms with Crippen LogP contribution in [0.1, 0.15) is 11.1 Å². The second kappa shape index (κ2) is 7.39. The number of alkyl halides is 3. The van der Waals surface area contributed by atoms with E-state index in [1.165, 1.54) is 17.0 Å². The number of nitrogens with one attached hydrogen (secondary N) is 1. The van der Waals surface area contributed by atoms with E-state index in [2.05, 4.69) is 23.7 Å². The van der Waals surface area contributed by atoms with Gasteiger partial charge in [-0.25, -0.2) is 4.79 Å². The summed E-state index contributed by atoms with van der Waals surface area (Å²) in [6.07, 6.45) is -2.76. The van der Waals surface area contributed by atoms with Gasteiger partial charge in [0.15, 0.2) is 0 Å². The molecule has 1 N–H and O–H groups in total. The molecule has 0 aliphatic carbocycles. The molecule has 112 valence electrons. The third-order valence-corrected chi connectivity index (χ3v) is 2.52. The lowest BCUT2D eigenvalue weighted by molar-refractivity contribution is -0.137. The van der Waals surface area contributed by atoms with Gasteiger partial charge in [-0.05, 0) is 24.3 Å². The summed E-state index contributed by atoms with van der Waals surface area (Å²) in [6.45, 7) is 4.04. The zero-order valence-corrected chi connectivity index (χ0v) is 11.5. The number of hydrogen-bond donors (Lipinski definition) is 1. The molecule has 0 saturated carbocycles. The zero-order chi connectivity index (χ0) is 15.9. The molecule has 1 aromatic rings. The van der Waals surface area contributed by atoms with Crippen LogP contribution in [0, 0.1) is 11.8 Å². The Morgan fingerprint density at radius 1 is 1.38 bits per heavy atom. The summed E-state index contributed by atoms with van der Waals surface area (Å²) in [6, 6.07) is 4.24. The van der Waals surface area contributed by atoms with Gasteiger partial charge >= 0.3 is 12.2 Å². The Morgan fingerprint density at radius 3 is 2.52 bits per heavy atom. The molecule has 6 heteroatoms. The summed E-state index contributed by atoms with van der Waals surface area (Å²) in [5.41, 5.74) is -0.260. The van der Waals surface area contributed by atoms with Crippen molar-refractivity contribution in [2.45, 2.75) is 6.18 Å². The maximum absolute atomic E-state index is 12.4. The second-order valence-electron chi connectivity index (χ2n) is 4.20. The average molecular weight is 296 g/mol. The number of carbonyl (C=O) groups excluding carboxylic acids is 1. The first-order chi connectivity index (χ1) is 9.84. The number of amides is 2. The van der Waals surface area contributed by atoms with Crippen LogP contribution >= 0.6 is 0 Å².